The molecule has 1 saturated heterocycles. The molecular weight excluding hydrogens is 412 g/mol. The highest BCUT2D eigenvalue weighted by Gasteiger charge is 2.57. The molecule has 176 valence electrons. The van der Waals surface area contributed by atoms with Crippen LogP contribution in [0.2, 0.25) is 0 Å². The SMILES string of the molecule is CCOC(=O)OC1=C(c2c(C)cc(C)cc2C)C(=O)N(OCC)C12CCN(OCC)CC2. The number of aryl methyl sites for hydroxylation is 3. The molecule has 0 aromatic heterocycles. The molecule has 1 spiro atoms. The molecule has 0 radical (unpaired) electrons. The van der Waals surface area contributed by atoms with Crippen LogP contribution in [0.4, 0.5) is 4.79 Å². The molecule has 1 aromatic carbocycles. The van der Waals surface area contributed by atoms with Crippen LogP contribution >= 0.6 is 0 Å². The summed E-state index contributed by atoms with van der Waals surface area (Å²) in [6, 6.07) is 4.05. The van der Waals surface area contributed by atoms with Crippen molar-refractivity contribution >= 4 is 17.6 Å². The molecule has 2 aliphatic rings. The molecule has 0 bridgehead atoms. The van der Waals surface area contributed by atoms with Gasteiger partial charge in [-0.05, 0) is 71.1 Å². The highest BCUT2D eigenvalue weighted by atomic mass is 16.7. The number of carbonyl (C=O) groups is 2. The van der Waals surface area contributed by atoms with Crippen molar-refractivity contribution in [2.45, 2.75) is 59.9 Å². The second-order valence-electron chi connectivity index (χ2n) is 8.16. The van der Waals surface area contributed by atoms with Crippen LogP contribution in [0.15, 0.2) is 17.9 Å². The van der Waals surface area contributed by atoms with Gasteiger partial charge >= 0.3 is 6.16 Å². The van der Waals surface area contributed by atoms with Gasteiger partial charge in [0.1, 0.15) is 5.54 Å². The molecule has 0 aliphatic carbocycles. The summed E-state index contributed by atoms with van der Waals surface area (Å²) in [6.07, 6.45) is 0.183. The van der Waals surface area contributed by atoms with Crippen LogP contribution in [0.25, 0.3) is 5.57 Å². The fourth-order valence-electron chi connectivity index (χ4n) is 4.80. The van der Waals surface area contributed by atoms with Crippen molar-refractivity contribution in [2.24, 2.45) is 0 Å². The molecule has 32 heavy (non-hydrogen) atoms. The van der Waals surface area contributed by atoms with E-state index in [1.165, 1.54) is 5.06 Å². The molecule has 2 heterocycles. The van der Waals surface area contributed by atoms with Gasteiger partial charge in [0, 0.05) is 13.1 Å². The van der Waals surface area contributed by atoms with Gasteiger partial charge in [-0.25, -0.2) is 9.86 Å². The van der Waals surface area contributed by atoms with Crippen LogP contribution < -0.4 is 0 Å². The molecule has 8 nitrogen and oxygen atoms in total. The summed E-state index contributed by atoms with van der Waals surface area (Å²) >= 11 is 0. The summed E-state index contributed by atoms with van der Waals surface area (Å²) in [5.74, 6) is 0.00617. The van der Waals surface area contributed by atoms with Gasteiger partial charge in [0.25, 0.3) is 5.91 Å². The number of hydrogen-bond acceptors (Lipinski definition) is 7. The summed E-state index contributed by atoms with van der Waals surface area (Å²) in [5, 5.41) is 3.29. The number of carbonyl (C=O) groups excluding carboxylic acids is 2. The van der Waals surface area contributed by atoms with Gasteiger partial charge in [-0.1, -0.05) is 17.7 Å². The van der Waals surface area contributed by atoms with Gasteiger partial charge in [0.15, 0.2) is 5.76 Å². The molecule has 0 N–H and O–H groups in total. The highest BCUT2D eigenvalue weighted by molar-refractivity contribution is 6.23. The van der Waals surface area contributed by atoms with Gasteiger partial charge in [0.2, 0.25) is 0 Å². The van der Waals surface area contributed by atoms with Gasteiger partial charge in [-0.2, -0.15) is 5.06 Å². The van der Waals surface area contributed by atoms with E-state index in [1.54, 1.807) is 6.92 Å². The van der Waals surface area contributed by atoms with Crippen LogP contribution in [0.5, 0.6) is 0 Å². The maximum Gasteiger partial charge on any atom is 0.513 e. The van der Waals surface area contributed by atoms with Crippen LogP contribution in [0.3, 0.4) is 0 Å². The molecular formula is C24H34N2O6. The third-order valence-corrected chi connectivity index (χ3v) is 5.93. The topological polar surface area (TPSA) is 77.5 Å². The van der Waals surface area contributed by atoms with E-state index in [2.05, 4.69) is 0 Å². The van der Waals surface area contributed by atoms with E-state index in [4.69, 9.17) is 19.1 Å². The number of rotatable bonds is 7. The maximum atomic E-state index is 13.8. The van der Waals surface area contributed by atoms with Crippen molar-refractivity contribution in [3.63, 3.8) is 0 Å². The highest BCUT2D eigenvalue weighted by Crippen LogP contribution is 2.48. The maximum absolute atomic E-state index is 13.8. The Morgan fingerprint density at radius 3 is 2.09 bits per heavy atom. The predicted molar refractivity (Wildman–Crippen MR) is 119 cm³/mol. The zero-order valence-corrected chi connectivity index (χ0v) is 19.9. The second-order valence-corrected chi connectivity index (χ2v) is 8.16. The lowest BCUT2D eigenvalue weighted by atomic mass is 9.84. The number of ether oxygens (including phenoxy) is 2. The van der Waals surface area contributed by atoms with Gasteiger partial charge < -0.3 is 9.47 Å². The van der Waals surface area contributed by atoms with Crippen molar-refractivity contribution in [1.82, 2.24) is 10.1 Å². The van der Waals surface area contributed by atoms with Crippen molar-refractivity contribution in [3.05, 3.63) is 40.1 Å². The number of nitrogens with zero attached hydrogens (tertiary/aromatic N) is 2. The first-order valence-electron chi connectivity index (χ1n) is 11.3. The minimum atomic E-state index is -0.910. The van der Waals surface area contributed by atoms with Crippen LogP contribution in [-0.2, 0) is 23.9 Å². The zero-order valence-electron chi connectivity index (χ0n) is 19.9. The predicted octanol–water partition coefficient (Wildman–Crippen LogP) is 4.08. The zero-order chi connectivity index (χ0) is 23.5. The number of amides is 1. The Labute approximate surface area is 190 Å². The summed E-state index contributed by atoms with van der Waals surface area (Å²) < 4.78 is 10.9. The Hall–Kier alpha value is -2.42. The summed E-state index contributed by atoms with van der Waals surface area (Å²) in [5.41, 5.74) is 3.21. The third kappa shape index (κ3) is 4.40. The minimum absolute atomic E-state index is 0.179. The largest absolute Gasteiger partial charge is 0.513 e. The Bertz CT molecular complexity index is 879. The first-order chi connectivity index (χ1) is 15.3. The molecule has 0 saturated carbocycles. The third-order valence-electron chi connectivity index (χ3n) is 5.93. The van der Waals surface area contributed by atoms with E-state index in [0.29, 0.717) is 50.5 Å². The molecule has 1 amide bonds. The second kappa shape index (κ2) is 10.0. The first-order valence-corrected chi connectivity index (χ1v) is 11.3. The molecule has 8 heteroatoms. The van der Waals surface area contributed by atoms with Crippen LogP contribution in [-0.4, -0.2) is 60.6 Å². The smallest absolute Gasteiger partial charge is 0.434 e. The number of hydrogen-bond donors (Lipinski definition) is 0. The van der Waals surface area contributed by atoms with E-state index in [1.807, 2.05) is 51.8 Å². The van der Waals surface area contributed by atoms with Crippen molar-refractivity contribution in [3.8, 4) is 0 Å². The molecule has 3 rings (SSSR count). The molecule has 1 aromatic rings. The number of hydroxylamine groups is 4. The van der Waals surface area contributed by atoms with Crippen molar-refractivity contribution in [2.75, 3.05) is 32.9 Å². The van der Waals surface area contributed by atoms with Crippen LogP contribution in [0, 0.1) is 20.8 Å². The van der Waals surface area contributed by atoms with E-state index >= 15 is 0 Å². The number of piperidine rings is 1. The van der Waals surface area contributed by atoms with E-state index in [-0.39, 0.29) is 12.5 Å². The fourth-order valence-corrected chi connectivity index (χ4v) is 4.80. The van der Waals surface area contributed by atoms with Crippen molar-refractivity contribution < 1.29 is 28.7 Å². The van der Waals surface area contributed by atoms with Crippen LogP contribution in [0.1, 0.15) is 55.9 Å². The molecule has 0 atom stereocenters. The van der Waals surface area contributed by atoms with Gasteiger partial charge in [-0.15, -0.1) is 0 Å². The van der Waals surface area contributed by atoms with E-state index in [0.717, 1.165) is 22.3 Å². The Balaban J connectivity index is 2.18. The molecule has 1 fully saturated rings. The normalized spacial score (nSPS) is 18.6. The summed E-state index contributed by atoms with van der Waals surface area (Å²) in [4.78, 5) is 37.8. The molecule has 2 aliphatic heterocycles. The van der Waals surface area contributed by atoms with Gasteiger partial charge in [-0.3, -0.25) is 14.5 Å². The minimum Gasteiger partial charge on any atom is -0.434 e. The Kier molecular flexibility index (Phi) is 7.59. The average Bonchev–Trinajstić information content (AvgIpc) is 2.93. The average molecular weight is 447 g/mol. The summed E-state index contributed by atoms with van der Waals surface area (Å²) in [6.45, 7) is 13.6. The fraction of sp³-hybridized carbons (Fsp3) is 0.583. The van der Waals surface area contributed by atoms with Gasteiger partial charge in [0.05, 0.1) is 25.4 Å². The lowest BCUT2D eigenvalue weighted by molar-refractivity contribution is -0.235. The molecule has 0 unspecified atom stereocenters. The monoisotopic (exact) mass is 446 g/mol. The number of benzene rings is 1. The first kappa shape index (κ1) is 24.2. The van der Waals surface area contributed by atoms with Crippen molar-refractivity contribution in [1.29, 1.82) is 0 Å². The quantitative estimate of drug-likeness (QED) is 0.584. The van der Waals surface area contributed by atoms with E-state index < -0.39 is 11.7 Å². The Morgan fingerprint density at radius 1 is 0.969 bits per heavy atom. The lowest BCUT2D eigenvalue weighted by Crippen LogP contribution is -2.55. The van der Waals surface area contributed by atoms with E-state index in [9.17, 15) is 9.59 Å². The lowest BCUT2D eigenvalue weighted by Gasteiger charge is -2.43. The Morgan fingerprint density at radius 2 is 1.56 bits per heavy atom. The standard InChI is InChI=1S/C24H34N2O6/c1-7-29-23(28)32-21-20(19-17(5)14-16(4)15-18(19)6)22(27)26(31-9-3)24(21)10-12-25(13-11-24)30-8-2/h14-15H,7-13H2,1-6H3. The summed E-state index contributed by atoms with van der Waals surface area (Å²) in [7, 11) is 0.